The summed E-state index contributed by atoms with van der Waals surface area (Å²) in [6, 6.07) is 24.1. The lowest BCUT2D eigenvalue weighted by molar-refractivity contribution is 0.474. The zero-order valence-corrected chi connectivity index (χ0v) is 15.1. The second-order valence-electron chi connectivity index (χ2n) is 6.17. The monoisotopic (exact) mass is 366 g/mol. The molecule has 4 rings (SSSR count). The molecular formula is C23H18N4O. The number of pyridine rings is 3. The van der Waals surface area contributed by atoms with Crippen molar-refractivity contribution < 1.29 is 5.11 Å². The van der Waals surface area contributed by atoms with Crippen LogP contribution in [0.5, 0.6) is 5.75 Å². The van der Waals surface area contributed by atoms with Gasteiger partial charge in [0.15, 0.2) is 5.54 Å². The van der Waals surface area contributed by atoms with Gasteiger partial charge in [0.05, 0.1) is 17.1 Å². The molecule has 0 bridgehead atoms. The van der Waals surface area contributed by atoms with Gasteiger partial charge in [0, 0.05) is 30.4 Å². The lowest BCUT2D eigenvalue weighted by atomic mass is 9.86. The molecule has 0 aliphatic heterocycles. The van der Waals surface area contributed by atoms with Gasteiger partial charge in [0.25, 0.3) is 0 Å². The normalized spacial score (nSPS) is 11.6. The van der Waals surface area contributed by atoms with E-state index in [2.05, 4.69) is 15.0 Å². The van der Waals surface area contributed by atoms with Crippen LogP contribution in [0.15, 0.2) is 102 Å². The molecule has 0 fully saturated rings. The molecule has 28 heavy (non-hydrogen) atoms. The van der Waals surface area contributed by atoms with E-state index in [1.165, 1.54) is 0 Å². The molecule has 0 radical (unpaired) electrons. The molecule has 0 saturated heterocycles. The van der Waals surface area contributed by atoms with Crippen molar-refractivity contribution in [2.24, 2.45) is 4.99 Å². The Morgan fingerprint density at radius 3 is 1.54 bits per heavy atom. The second-order valence-corrected chi connectivity index (χ2v) is 6.17. The quantitative estimate of drug-likeness (QED) is 0.542. The van der Waals surface area contributed by atoms with E-state index in [1.807, 2.05) is 60.7 Å². The highest BCUT2D eigenvalue weighted by Gasteiger charge is 2.39. The summed E-state index contributed by atoms with van der Waals surface area (Å²) < 4.78 is 0. The Bertz CT molecular complexity index is 971. The predicted octanol–water partition coefficient (Wildman–Crippen LogP) is 3.99. The summed E-state index contributed by atoms with van der Waals surface area (Å²) in [5, 5.41) is 10.2. The molecule has 0 amide bonds. The fourth-order valence-electron chi connectivity index (χ4n) is 3.09. The van der Waals surface area contributed by atoms with Crippen LogP contribution in [0.25, 0.3) is 0 Å². The third-order valence-corrected chi connectivity index (χ3v) is 4.44. The van der Waals surface area contributed by atoms with Crippen molar-refractivity contribution in [3.63, 3.8) is 0 Å². The third-order valence-electron chi connectivity index (χ3n) is 4.44. The average Bonchev–Trinajstić information content (AvgIpc) is 2.78. The molecule has 136 valence electrons. The highest BCUT2D eigenvalue weighted by atomic mass is 16.3. The Morgan fingerprint density at radius 2 is 1.11 bits per heavy atom. The van der Waals surface area contributed by atoms with Crippen molar-refractivity contribution in [3.05, 3.63) is 120 Å². The van der Waals surface area contributed by atoms with Gasteiger partial charge in [-0.3, -0.25) is 19.9 Å². The van der Waals surface area contributed by atoms with E-state index in [0.717, 1.165) is 0 Å². The molecule has 1 aromatic carbocycles. The largest absolute Gasteiger partial charge is 0.507 e. The van der Waals surface area contributed by atoms with Crippen LogP contribution in [0.3, 0.4) is 0 Å². The van der Waals surface area contributed by atoms with E-state index >= 15 is 0 Å². The summed E-state index contributed by atoms with van der Waals surface area (Å²) in [5.74, 6) is 0.156. The molecule has 0 aliphatic rings. The molecule has 0 atom stereocenters. The highest BCUT2D eigenvalue weighted by molar-refractivity contribution is 5.84. The Morgan fingerprint density at radius 1 is 0.643 bits per heavy atom. The number of benzene rings is 1. The number of nitrogens with zero attached hydrogens (tertiary/aromatic N) is 4. The lowest BCUT2D eigenvalue weighted by Crippen LogP contribution is -2.30. The van der Waals surface area contributed by atoms with Crippen LogP contribution < -0.4 is 0 Å². The molecule has 0 aliphatic carbocycles. The van der Waals surface area contributed by atoms with E-state index in [1.54, 1.807) is 43.0 Å². The zero-order chi connectivity index (χ0) is 19.2. The smallest absolute Gasteiger partial charge is 0.186 e. The van der Waals surface area contributed by atoms with Gasteiger partial charge in [-0.1, -0.05) is 30.3 Å². The third kappa shape index (κ3) is 3.25. The van der Waals surface area contributed by atoms with Crippen LogP contribution in [0.2, 0.25) is 0 Å². The second kappa shape index (κ2) is 7.80. The van der Waals surface area contributed by atoms with Crippen molar-refractivity contribution in [2.75, 3.05) is 0 Å². The van der Waals surface area contributed by atoms with Gasteiger partial charge in [-0.15, -0.1) is 0 Å². The number of phenols is 1. The highest BCUT2D eigenvalue weighted by Crippen LogP contribution is 2.37. The summed E-state index contributed by atoms with van der Waals surface area (Å²) in [4.78, 5) is 18.7. The fraction of sp³-hybridized carbons (Fsp3) is 0.0435. The molecule has 3 aromatic heterocycles. The van der Waals surface area contributed by atoms with Gasteiger partial charge < -0.3 is 5.11 Å². The number of aliphatic imine (C=N–C) groups is 1. The van der Waals surface area contributed by atoms with Crippen LogP contribution in [-0.4, -0.2) is 26.3 Å². The molecule has 3 heterocycles. The average molecular weight is 366 g/mol. The van der Waals surface area contributed by atoms with Crippen molar-refractivity contribution >= 4 is 6.21 Å². The summed E-state index contributed by atoms with van der Waals surface area (Å²) in [5.41, 5.74) is 1.64. The number of phenolic OH excluding ortho intramolecular Hbond substituents is 1. The minimum Gasteiger partial charge on any atom is -0.507 e. The van der Waals surface area contributed by atoms with Crippen molar-refractivity contribution in [2.45, 2.75) is 5.54 Å². The summed E-state index contributed by atoms with van der Waals surface area (Å²) in [6.07, 6.45) is 6.83. The minimum absolute atomic E-state index is 0.156. The van der Waals surface area contributed by atoms with Gasteiger partial charge >= 0.3 is 0 Å². The first-order chi connectivity index (χ1) is 13.8. The standard InChI is InChI=1S/C23H18N4O/c28-19-10-2-1-9-18(19)17-27-23(20-11-3-6-14-24-20,21-12-4-7-15-25-21)22-13-5-8-16-26-22/h1-17,28H. The zero-order valence-electron chi connectivity index (χ0n) is 15.1. The summed E-state index contributed by atoms with van der Waals surface area (Å²) >= 11 is 0. The predicted molar refractivity (Wildman–Crippen MR) is 108 cm³/mol. The van der Waals surface area contributed by atoms with E-state index in [9.17, 15) is 5.11 Å². The van der Waals surface area contributed by atoms with E-state index in [-0.39, 0.29) is 5.75 Å². The molecule has 4 aromatic rings. The summed E-state index contributed by atoms with van der Waals surface area (Å²) in [7, 11) is 0. The van der Waals surface area contributed by atoms with Gasteiger partial charge in [0.2, 0.25) is 0 Å². The molecule has 0 saturated carbocycles. The number of aromatic nitrogens is 3. The van der Waals surface area contributed by atoms with Crippen LogP contribution in [0.4, 0.5) is 0 Å². The topological polar surface area (TPSA) is 71.3 Å². The van der Waals surface area contributed by atoms with E-state index in [0.29, 0.717) is 22.6 Å². The maximum atomic E-state index is 10.2. The molecule has 5 heteroatoms. The SMILES string of the molecule is Oc1ccccc1C=NC(c1ccccn1)(c1ccccn1)c1ccccn1. The Labute approximate surface area is 163 Å². The molecular weight excluding hydrogens is 348 g/mol. The number of hydrogen-bond acceptors (Lipinski definition) is 5. The van der Waals surface area contributed by atoms with Gasteiger partial charge in [-0.05, 0) is 48.5 Å². The summed E-state index contributed by atoms with van der Waals surface area (Å²) in [6.45, 7) is 0. The van der Waals surface area contributed by atoms with Crippen LogP contribution in [0.1, 0.15) is 22.6 Å². The lowest BCUT2D eigenvalue weighted by Gasteiger charge is -2.28. The van der Waals surface area contributed by atoms with Crippen LogP contribution in [-0.2, 0) is 5.54 Å². The van der Waals surface area contributed by atoms with Crippen molar-refractivity contribution in [3.8, 4) is 5.75 Å². The molecule has 5 nitrogen and oxygen atoms in total. The first-order valence-electron chi connectivity index (χ1n) is 8.88. The Hall–Kier alpha value is -3.86. The molecule has 1 N–H and O–H groups in total. The fourth-order valence-corrected chi connectivity index (χ4v) is 3.09. The number of aromatic hydroxyl groups is 1. The molecule has 0 unspecified atom stereocenters. The first-order valence-corrected chi connectivity index (χ1v) is 8.88. The Kier molecular flexibility index (Phi) is 4.89. The van der Waals surface area contributed by atoms with Crippen molar-refractivity contribution in [1.29, 1.82) is 0 Å². The minimum atomic E-state index is -1.05. The number of para-hydroxylation sites is 1. The van der Waals surface area contributed by atoms with E-state index in [4.69, 9.17) is 4.99 Å². The first kappa shape index (κ1) is 17.5. The molecule has 0 spiro atoms. The van der Waals surface area contributed by atoms with Gasteiger partial charge in [-0.2, -0.15) is 0 Å². The van der Waals surface area contributed by atoms with Gasteiger partial charge in [-0.25, -0.2) is 0 Å². The Balaban J connectivity index is 2.00. The van der Waals surface area contributed by atoms with E-state index < -0.39 is 5.54 Å². The van der Waals surface area contributed by atoms with Crippen LogP contribution >= 0.6 is 0 Å². The van der Waals surface area contributed by atoms with Gasteiger partial charge in [0.1, 0.15) is 5.75 Å². The number of rotatable bonds is 5. The maximum absolute atomic E-state index is 10.2. The maximum Gasteiger partial charge on any atom is 0.186 e. The van der Waals surface area contributed by atoms with Crippen molar-refractivity contribution in [1.82, 2.24) is 15.0 Å². The number of hydrogen-bond donors (Lipinski definition) is 1. The van der Waals surface area contributed by atoms with Crippen LogP contribution in [0, 0.1) is 0 Å².